The van der Waals surface area contributed by atoms with Gasteiger partial charge in [-0.25, -0.2) is 9.97 Å². The summed E-state index contributed by atoms with van der Waals surface area (Å²) in [4.78, 5) is 19.7. The molecule has 1 aromatic heterocycles. The van der Waals surface area contributed by atoms with E-state index in [1.807, 2.05) is 37.3 Å². The Balaban J connectivity index is 2.35. The van der Waals surface area contributed by atoms with Gasteiger partial charge in [0.2, 0.25) is 0 Å². The molecular formula is C15H10BrN3O2. The first kappa shape index (κ1) is 13.6. The fraction of sp³-hybridized carbons (Fsp3) is 0.0667. The van der Waals surface area contributed by atoms with E-state index in [1.54, 1.807) is 6.07 Å². The van der Waals surface area contributed by atoms with Crippen molar-refractivity contribution in [1.82, 2.24) is 9.97 Å². The summed E-state index contributed by atoms with van der Waals surface area (Å²) in [6.45, 7) is 1.85. The summed E-state index contributed by atoms with van der Waals surface area (Å²) in [7, 11) is 0. The van der Waals surface area contributed by atoms with Gasteiger partial charge in [-0.1, -0.05) is 46.3 Å². The summed E-state index contributed by atoms with van der Waals surface area (Å²) in [6, 6.07) is 12.7. The molecule has 0 aliphatic rings. The van der Waals surface area contributed by atoms with E-state index in [-0.39, 0.29) is 5.69 Å². The summed E-state index contributed by atoms with van der Waals surface area (Å²) >= 11 is 3.27. The number of fused-ring (bicyclic) bond motifs is 1. The summed E-state index contributed by atoms with van der Waals surface area (Å²) in [5, 5.41) is 11.2. The third-order valence-corrected chi connectivity index (χ3v) is 3.59. The summed E-state index contributed by atoms with van der Waals surface area (Å²) in [5.74, 6) is 0. The van der Waals surface area contributed by atoms with Crippen LogP contribution in [-0.2, 0) is 0 Å². The van der Waals surface area contributed by atoms with E-state index in [9.17, 15) is 10.1 Å². The lowest BCUT2D eigenvalue weighted by Gasteiger charge is -2.07. The zero-order valence-electron chi connectivity index (χ0n) is 11.1. The third kappa shape index (κ3) is 2.50. The minimum Gasteiger partial charge on any atom is -0.258 e. The van der Waals surface area contributed by atoms with E-state index in [0.29, 0.717) is 21.2 Å². The van der Waals surface area contributed by atoms with Crippen LogP contribution in [0.15, 0.2) is 46.9 Å². The van der Waals surface area contributed by atoms with Crippen molar-refractivity contribution in [2.75, 3.05) is 0 Å². The fourth-order valence-corrected chi connectivity index (χ4v) is 2.64. The molecule has 0 aliphatic heterocycles. The molecular weight excluding hydrogens is 334 g/mol. The number of aromatic nitrogens is 2. The Morgan fingerprint density at radius 3 is 2.52 bits per heavy atom. The SMILES string of the molecule is Cc1nc2cc(Br)cc([N+](=O)[O-])c2nc1-c1ccccc1. The molecule has 2 aromatic carbocycles. The van der Waals surface area contributed by atoms with E-state index in [0.717, 1.165) is 11.3 Å². The molecule has 0 bridgehead atoms. The Morgan fingerprint density at radius 2 is 1.86 bits per heavy atom. The highest BCUT2D eigenvalue weighted by Gasteiger charge is 2.18. The van der Waals surface area contributed by atoms with Gasteiger partial charge in [-0.15, -0.1) is 0 Å². The van der Waals surface area contributed by atoms with Crippen molar-refractivity contribution in [3.8, 4) is 11.3 Å². The smallest absolute Gasteiger partial charge is 0.258 e. The van der Waals surface area contributed by atoms with Gasteiger partial charge in [0, 0.05) is 16.1 Å². The Morgan fingerprint density at radius 1 is 1.14 bits per heavy atom. The molecule has 0 saturated carbocycles. The van der Waals surface area contributed by atoms with Crippen molar-refractivity contribution < 1.29 is 4.92 Å². The highest BCUT2D eigenvalue weighted by atomic mass is 79.9. The molecule has 5 nitrogen and oxygen atoms in total. The van der Waals surface area contributed by atoms with E-state index in [4.69, 9.17) is 0 Å². The van der Waals surface area contributed by atoms with Crippen LogP contribution in [0.3, 0.4) is 0 Å². The maximum atomic E-state index is 11.2. The predicted octanol–water partition coefficient (Wildman–Crippen LogP) is 4.28. The Labute approximate surface area is 128 Å². The average molecular weight is 344 g/mol. The van der Waals surface area contributed by atoms with Gasteiger partial charge >= 0.3 is 0 Å². The number of benzene rings is 2. The molecule has 0 aliphatic carbocycles. The van der Waals surface area contributed by atoms with Gasteiger partial charge in [0.25, 0.3) is 5.69 Å². The lowest BCUT2D eigenvalue weighted by molar-refractivity contribution is -0.383. The highest BCUT2D eigenvalue weighted by molar-refractivity contribution is 9.10. The number of nitro groups is 1. The van der Waals surface area contributed by atoms with Crippen LogP contribution < -0.4 is 0 Å². The normalized spacial score (nSPS) is 10.8. The standard InChI is InChI=1S/C15H10BrN3O2/c1-9-14(10-5-3-2-4-6-10)18-15-12(17-9)7-11(16)8-13(15)19(20)21/h2-8H,1H3. The summed E-state index contributed by atoms with van der Waals surface area (Å²) in [6.07, 6.45) is 0. The van der Waals surface area contributed by atoms with E-state index in [2.05, 4.69) is 25.9 Å². The number of hydrogen-bond acceptors (Lipinski definition) is 4. The van der Waals surface area contributed by atoms with Gasteiger partial charge in [-0.3, -0.25) is 10.1 Å². The largest absolute Gasteiger partial charge is 0.298 e. The minimum atomic E-state index is -0.439. The molecule has 1 heterocycles. The van der Waals surface area contributed by atoms with E-state index < -0.39 is 4.92 Å². The second-order valence-corrected chi connectivity index (χ2v) is 5.49. The van der Waals surface area contributed by atoms with Gasteiger partial charge in [-0.05, 0) is 13.0 Å². The van der Waals surface area contributed by atoms with Crippen molar-refractivity contribution in [2.45, 2.75) is 6.92 Å². The van der Waals surface area contributed by atoms with Crippen molar-refractivity contribution >= 4 is 32.7 Å². The first-order valence-electron chi connectivity index (χ1n) is 6.24. The molecule has 6 heteroatoms. The quantitative estimate of drug-likeness (QED) is 0.514. The average Bonchev–Trinajstić information content (AvgIpc) is 2.46. The Hall–Kier alpha value is -2.34. The number of aryl methyl sites for hydroxylation is 1. The van der Waals surface area contributed by atoms with Crippen molar-refractivity contribution in [1.29, 1.82) is 0 Å². The van der Waals surface area contributed by atoms with Gasteiger partial charge in [0.05, 0.1) is 21.8 Å². The number of rotatable bonds is 2. The van der Waals surface area contributed by atoms with Gasteiger partial charge in [0.1, 0.15) is 0 Å². The lowest BCUT2D eigenvalue weighted by atomic mass is 10.1. The van der Waals surface area contributed by atoms with E-state index in [1.165, 1.54) is 6.07 Å². The number of hydrogen-bond donors (Lipinski definition) is 0. The second kappa shape index (κ2) is 5.21. The van der Waals surface area contributed by atoms with Crippen molar-refractivity contribution in [2.24, 2.45) is 0 Å². The van der Waals surface area contributed by atoms with Gasteiger partial charge in [0.15, 0.2) is 5.52 Å². The molecule has 3 aromatic rings. The maximum absolute atomic E-state index is 11.2. The summed E-state index contributed by atoms with van der Waals surface area (Å²) in [5.41, 5.74) is 3.04. The van der Waals surface area contributed by atoms with Gasteiger partial charge in [-0.2, -0.15) is 0 Å². The van der Waals surface area contributed by atoms with Gasteiger partial charge < -0.3 is 0 Å². The first-order valence-corrected chi connectivity index (χ1v) is 7.03. The Kier molecular flexibility index (Phi) is 3.39. The Bertz CT molecular complexity index is 850. The predicted molar refractivity (Wildman–Crippen MR) is 84.1 cm³/mol. The maximum Gasteiger partial charge on any atom is 0.298 e. The molecule has 0 N–H and O–H groups in total. The minimum absolute atomic E-state index is 0.0518. The van der Waals surface area contributed by atoms with Crippen molar-refractivity contribution in [3.63, 3.8) is 0 Å². The molecule has 0 unspecified atom stereocenters. The summed E-state index contributed by atoms with van der Waals surface area (Å²) < 4.78 is 0.614. The van der Waals surface area contributed by atoms with Crippen LogP contribution >= 0.6 is 15.9 Å². The number of nitro benzene ring substituents is 1. The molecule has 0 spiro atoms. The van der Waals surface area contributed by atoms with Crippen molar-refractivity contribution in [3.05, 3.63) is 62.7 Å². The van der Waals surface area contributed by atoms with Crippen LogP contribution in [0.25, 0.3) is 22.3 Å². The lowest BCUT2D eigenvalue weighted by Crippen LogP contribution is -1.98. The molecule has 21 heavy (non-hydrogen) atoms. The zero-order valence-corrected chi connectivity index (χ0v) is 12.7. The second-order valence-electron chi connectivity index (χ2n) is 4.57. The van der Waals surface area contributed by atoms with Crippen LogP contribution in [-0.4, -0.2) is 14.9 Å². The topological polar surface area (TPSA) is 68.9 Å². The molecule has 0 radical (unpaired) electrons. The first-order chi connectivity index (χ1) is 10.1. The zero-order chi connectivity index (χ0) is 15.0. The molecule has 0 amide bonds. The van der Waals surface area contributed by atoms with E-state index >= 15 is 0 Å². The van der Waals surface area contributed by atoms with Crippen LogP contribution in [0.4, 0.5) is 5.69 Å². The monoisotopic (exact) mass is 343 g/mol. The highest BCUT2D eigenvalue weighted by Crippen LogP contribution is 2.30. The van der Waals surface area contributed by atoms with Crippen LogP contribution in [0, 0.1) is 17.0 Å². The number of nitrogens with zero attached hydrogens (tertiary/aromatic N) is 3. The molecule has 104 valence electrons. The number of non-ortho nitro benzene ring substituents is 1. The molecule has 0 fully saturated rings. The van der Waals surface area contributed by atoms with Crippen LogP contribution in [0.1, 0.15) is 5.69 Å². The number of halogens is 1. The molecule has 0 atom stereocenters. The third-order valence-electron chi connectivity index (χ3n) is 3.13. The molecule has 0 saturated heterocycles. The molecule has 3 rings (SSSR count). The van der Waals surface area contributed by atoms with Crippen LogP contribution in [0.2, 0.25) is 0 Å². The van der Waals surface area contributed by atoms with Crippen LogP contribution in [0.5, 0.6) is 0 Å². The fourth-order valence-electron chi connectivity index (χ4n) is 2.21.